The Labute approximate surface area is 188 Å². The molecule has 1 N–H and O–H groups in total. The van der Waals surface area contributed by atoms with E-state index in [1.165, 1.54) is 10.5 Å². The van der Waals surface area contributed by atoms with Crippen LogP contribution < -0.4 is 5.32 Å². The van der Waals surface area contributed by atoms with Gasteiger partial charge < -0.3 is 15.0 Å². The van der Waals surface area contributed by atoms with E-state index in [1.807, 2.05) is 42.5 Å². The van der Waals surface area contributed by atoms with Gasteiger partial charge >= 0.3 is 0 Å². The third-order valence-electron chi connectivity index (χ3n) is 6.40. The number of benzene rings is 2. The van der Waals surface area contributed by atoms with Crippen LogP contribution in [-0.4, -0.2) is 48.7 Å². The molecule has 2 aromatic carbocycles. The molecule has 2 aliphatic rings. The monoisotopic (exact) mass is 438 g/mol. The Morgan fingerprint density at radius 2 is 1.66 bits per heavy atom. The summed E-state index contributed by atoms with van der Waals surface area (Å²) in [4.78, 5) is 27.5. The smallest absolute Gasteiger partial charge is 0.243 e. The minimum Gasteiger partial charge on any atom is -0.381 e. The Kier molecular flexibility index (Phi) is 6.89. The van der Waals surface area contributed by atoms with Crippen molar-refractivity contribution in [3.63, 3.8) is 0 Å². The molecule has 5 nitrogen and oxygen atoms in total. The molecular weight excluding hydrogens is 407 g/mol. The lowest BCUT2D eigenvalue weighted by molar-refractivity contribution is -0.142. The molecule has 0 aliphatic carbocycles. The number of nitrogens with one attached hydrogen (secondary N) is 1. The number of hydrogen-bond acceptors (Lipinski definition) is 3. The first-order valence-electron chi connectivity index (χ1n) is 11.4. The summed E-state index contributed by atoms with van der Waals surface area (Å²) in [5.74, 6) is 0.0946. The summed E-state index contributed by atoms with van der Waals surface area (Å²) >= 11 is 0. The molecule has 2 aromatic rings. The summed E-state index contributed by atoms with van der Waals surface area (Å²) in [5.41, 5.74) is 3.12. The number of amides is 2. The summed E-state index contributed by atoms with van der Waals surface area (Å²) < 4.78 is 19.4. The molecular formula is C26H31FN2O3. The molecule has 0 unspecified atom stereocenters. The Morgan fingerprint density at radius 3 is 2.25 bits per heavy atom. The first kappa shape index (κ1) is 22.5. The van der Waals surface area contributed by atoms with Gasteiger partial charge in [0.05, 0.1) is 25.8 Å². The van der Waals surface area contributed by atoms with E-state index in [2.05, 4.69) is 31.3 Å². The molecule has 2 fully saturated rings. The molecule has 2 amide bonds. The van der Waals surface area contributed by atoms with Gasteiger partial charge in [-0.1, -0.05) is 68.4 Å². The summed E-state index contributed by atoms with van der Waals surface area (Å²) in [5, 5.41) is 3.10. The van der Waals surface area contributed by atoms with Gasteiger partial charge in [-0.2, -0.15) is 0 Å². The van der Waals surface area contributed by atoms with Gasteiger partial charge in [0.15, 0.2) is 0 Å². The zero-order chi connectivity index (χ0) is 22.7. The van der Waals surface area contributed by atoms with Crippen LogP contribution >= 0.6 is 0 Å². The summed E-state index contributed by atoms with van der Waals surface area (Å²) in [7, 11) is 0. The maximum absolute atomic E-state index is 14.3. The molecule has 4 rings (SSSR count). The van der Waals surface area contributed by atoms with Gasteiger partial charge in [0.25, 0.3) is 0 Å². The highest BCUT2D eigenvalue weighted by molar-refractivity contribution is 5.89. The van der Waals surface area contributed by atoms with Crippen LogP contribution in [0.5, 0.6) is 0 Å². The Morgan fingerprint density at radius 1 is 1.03 bits per heavy atom. The van der Waals surface area contributed by atoms with Crippen molar-refractivity contribution in [1.29, 1.82) is 0 Å². The van der Waals surface area contributed by atoms with E-state index in [-0.39, 0.29) is 36.7 Å². The van der Waals surface area contributed by atoms with E-state index < -0.39 is 12.2 Å². The quantitative estimate of drug-likeness (QED) is 0.711. The van der Waals surface area contributed by atoms with Crippen LogP contribution in [-0.2, 0) is 14.3 Å². The lowest BCUT2D eigenvalue weighted by Crippen LogP contribution is -2.48. The summed E-state index contributed by atoms with van der Waals surface area (Å²) in [6, 6.07) is 16.8. The van der Waals surface area contributed by atoms with E-state index in [1.54, 1.807) is 0 Å². The predicted molar refractivity (Wildman–Crippen MR) is 121 cm³/mol. The van der Waals surface area contributed by atoms with Crippen molar-refractivity contribution in [2.24, 2.45) is 5.92 Å². The van der Waals surface area contributed by atoms with Crippen molar-refractivity contribution in [3.8, 4) is 0 Å². The maximum Gasteiger partial charge on any atom is 0.243 e. The topological polar surface area (TPSA) is 58.6 Å². The highest BCUT2D eigenvalue weighted by Gasteiger charge is 2.41. The first-order chi connectivity index (χ1) is 15.4. The third-order valence-corrected chi connectivity index (χ3v) is 6.40. The van der Waals surface area contributed by atoms with Crippen LogP contribution in [0.3, 0.4) is 0 Å². The van der Waals surface area contributed by atoms with Gasteiger partial charge in [0, 0.05) is 18.8 Å². The third kappa shape index (κ3) is 5.01. The van der Waals surface area contributed by atoms with Gasteiger partial charge in [-0.3, -0.25) is 9.59 Å². The van der Waals surface area contributed by atoms with Crippen LogP contribution in [0.25, 0.3) is 0 Å². The molecule has 0 aromatic heterocycles. The fourth-order valence-corrected chi connectivity index (χ4v) is 4.39. The van der Waals surface area contributed by atoms with E-state index in [0.717, 1.165) is 11.1 Å². The number of hydrogen-bond donors (Lipinski definition) is 1. The maximum atomic E-state index is 14.3. The minimum atomic E-state index is -1.19. The second kappa shape index (κ2) is 9.82. The summed E-state index contributed by atoms with van der Waals surface area (Å²) in [6.45, 7) is 5.36. The molecule has 0 bridgehead atoms. The average Bonchev–Trinajstić information content (AvgIpc) is 3.17. The Hall–Kier alpha value is -2.73. The van der Waals surface area contributed by atoms with Gasteiger partial charge in [0.1, 0.15) is 12.2 Å². The standard InChI is InChI=1S/C26H31FN2O3/c1-17(2)19-8-10-21(11-9-19)25(20-6-4-3-5-7-20)28-26(31)23-13-22(27)14-29(23)24(30)12-18-15-32-16-18/h3-11,17-18,22-23,25H,12-16H2,1-2H3,(H,28,31)/t22-,23+,25+/m1/s1. The minimum absolute atomic E-state index is 0.0242. The molecule has 2 aliphatic heterocycles. The van der Waals surface area contributed by atoms with Crippen molar-refractivity contribution < 1.29 is 18.7 Å². The Bertz CT molecular complexity index is 928. The number of carbonyl (C=O) groups excluding carboxylic acids is 2. The second-order valence-corrected chi connectivity index (χ2v) is 9.18. The zero-order valence-electron chi connectivity index (χ0n) is 18.7. The molecule has 3 atom stereocenters. The fourth-order valence-electron chi connectivity index (χ4n) is 4.39. The SMILES string of the molecule is CC(C)c1ccc([C@@H](NC(=O)[C@@H]2C[C@@H](F)CN2C(=O)CC2COC2)c2ccccc2)cc1. The van der Waals surface area contributed by atoms with E-state index in [0.29, 0.717) is 25.6 Å². The van der Waals surface area contributed by atoms with E-state index in [4.69, 9.17) is 4.74 Å². The molecule has 2 heterocycles. The number of likely N-dealkylation sites (tertiary alicyclic amines) is 1. The number of rotatable bonds is 7. The molecule has 2 saturated heterocycles. The van der Waals surface area contributed by atoms with Crippen molar-refractivity contribution in [1.82, 2.24) is 10.2 Å². The molecule has 170 valence electrons. The van der Waals surface area contributed by atoms with Gasteiger partial charge in [-0.25, -0.2) is 4.39 Å². The predicted octanol–water partition coefficient (Wildman–Crippen LogP) is 3.99. The molecule has 32 heavy (non-hydrogen) atoms. The second-order valence-electron chi connectivity index (χ2n) is 9.18. The highest BCUT2D eigenvalue weighted by Crippen LogP contribution is 2.28. The summed E-state index contributed by atoms with van der Waals surface area (Å²) in [6.07, 6.45) is -0.852. The number of alkyl halides is 1. The number of nitrogens with zero attached hydrogens (tertiary/aromatic N) is 1. The van der Waals surface area contributed by atoms with Crippen LogP contribution in [0.2, 0.25) is 0 Å². The molecule has 0 radical (unpaired) electrons. The zero-order valence-corrected chi connectivity index (χ0v) is 18.7. The fraction of sp³-hybridized carbons (Fsp3) is 0.462. The van der Waals surface area contributed by atoms with E-state index in [9.17, 15) is 14.0 Å². The highest BCUT2D eigenvalue weighted by atomic mass is 19.1. The van der Waals surface area contributed by atoms with Gasteiger partial charge in [-0.15, -0.1) is 0 Å². The number of halogens is 1. The van der Waals surface area contributed by atoms with Crippen LogP contribution in [0, 0.1) is 5.92 Å². The first-order valence-corrected chi connectivity index (χ1v) is 11.4. The lowest BCUT2D eigenvalue weighted by Gasteiger charge is -2.30. The van der Waals surface area contributed by atoms with Crippen LogP contribution in [0.1, 0.15) is 55.3 Å². The normalized spacial score (nSPS) is 21.9. The van der Waals surface area contributed by atoms with Crippen LogP contribution in [0.15, 0.2) is 54.6 Å². The molecule has 6 heteroatoms. The van der Waals surface area contributed by atoms with Crippen molar-refractivity contribution in [2.75, 3.05) is 19.8 Å². The molecule has 0 spiro atoms. The largest absolute Gasteiger partial charge is 0.381 e. The van der Waals surface area contributed by atoms with Crippen molar-refractivity contribution in [3.05, 3.63) is 71.3 Å². The van der Waals surface area contributed by atoms with Crippen molar-refractivity contribution in [2.45, 2.75) is 50.9 Å². The number of carbonyl (C=O) groups is 2. The van der Waals surface area contributed by atoms with Crippen molar-refractivity contribution >= 4 is 11.8 Å². The Balaban J connectivity index is 1.54. The lowest BCUT2D eigenvalue weighted by atomic mass is 9.95. The average molecular weight is 439 g/mol. The van der Waals surface area contributed by atoms with E-state index >= 15 is 0 Å². The number of ether oxygens (including phenoxy) is 1. The molecule has 0 saturated carbocycles. The van der Waals surface area contributed by atoms with Gasteiger partial charge in [-0.05, 0) is 22.6 Å². The van der Waals surface area contributed by atoms with Gasteiger partial charge in [0.2, 0.25) is 11.8 Å². The van der Waals surface area contributed by atoms with Crippen LogP contribution in [0.4, 0.5) is 4.39 Å².